The Hall–Kier alpha value is -1.78. The lowest BCUT2D eigenvalue weighted by Gasteiger charge is -2.38. The first-order valence-electron chi connectivity index (χ1n) is 6.29. The van der Waals surface area contributed by atoms with Crippen LogP contribution in [0, 0.1) is 16.0 Å². The van der Waals surface area contributed by atoms with Crippen LogP contribution in [0.4, 0.5) is 17.1 Å². The smallest absolute Gasteiger partial charge is 0.292 e. The van der Waals surface area contributed by atoms with Gasteiger partial charge in [-0.15, -0.1) is 0 Å². The van der Waals surface area contributed by atoms with Gasteiger partial charge in [0.2, 0.25) is 0 Å². The SMILES string of the molecule is CC1CCN(c2ccc([N+](=O)[O-])c(N)c2)C(C)C1. The molecule has 5 nitrogen and oxygen atoms in total. The molecule has 1 aromatic carbocycles. The number of hydrogen-bond donors (Lipinski definition) is 1. The van der Waals surface area contributed by atoms with E-state index in [0.717, 1.165) is 31.0 Å². The molecule has 0 aromatic heterocycles. The Morgan fingerprint density at radius 1 is 1.44 bits per heavy atom. The maximum atomic E-state index is 10.7. The van der Waals surface area contributed by atoms with Crippen LogP contribution in [0.5, 0.6) is 0 Å². The van der Waals surface area contributed by atoms with E-state index in [1.165, 1.54) is 6.07 Å². The zero-order valence-electron chi connectivity index (χ0n) is 10.8. The molecule has 0 saturated carbocycles. The molecular weight excluding hydrogens is 230 g/mol. The first-order chi connectivity index (χ1) is 8.49. The van der Waals surface area contributed by atoms with Crippen molar-refractivity contribution in [2.45, 2.75) is 32.7 Å². The van der Waals surface area contributed by atoms with E-state index in [9.17, 15) is 10.1 Å². The summed E-state index contributed by atoms with van der Waals surface area (Å²) in [5.41, 5.74) is 6.94. The molecule has 0 bridgehead atoms. The molecule has 0 aliphatic carbocycles. The lowest BCUT2D eigenvalue weighted by molar-refractivity contribution is -0.383. The van der Waals surface area contributed by atoms with Gasteiger partial charge in [0.1, 0.15) is 5.69 Å². The Morgan fingerprint density at radius 2 is 2.17 bits per heavy atom. The van der Waals surface area contributed by atoms with Crippen molar-refractivity contribution in [3.05, 3.63) is 28.3 Å². The van der Waals surface area contributed by atoms with Crippen molar-refractivity contribution in [3.63, 3.8) is 0 Å². The lowest BCUT2D eigenvalue weighted by atomic mass is 9.93. The number of nitrogens with two attached hydrogens (primary N) is 1. The highest BCUT2D eigenvalue weighted by Crippen LogP contribution is 2.32. The van der Waals surface area contributed by atoms with Crippen molar-refractivity contribution in [2.24, 2.45) is 5.92 Å². The summed E-state index contributed by atoms with van der Waals surface area (Å²) < 4.78 is 0. The number of nitrogens with zero attached hydrogens (tertiary/aromatic N) is 2. The van der Waals surface area contributed by atoms with E-state index >= 15 is 0 Å². The minimum atomic E-state index is -0.444. The van der Waals surface area contributed by atoms with Gasteiger partial charge in [-0.2, -0.15) is 0 Å². The van der Waals surface area contributed by atoms with E-state index in [2.05, 4.69) is 18.7 Å². The Kier molecular flexibility index (Phi) is 3.41. The van der Waals surface area contributed by atoms with E-state index < -0.39 is 4.92 Å². The fourth-order valence-electron chi connectivity index (χ4n) is 2.68. The van der Waals surface area contributed by atoms with Gasteiger partial charge in [0.05, 0.1) is 4.92 Å². The Balaban J connectivity index is 2.24. The van der Waals surface area contributed by atoms with Crippen molar-refractivity contribution < 1.29 is 4.92 Å². The molecule has 98 valence electrons. The minimum Gasteiger partial charge on any atom is -0.393 e. The first-order valence-corrected chi connectivity index (χ1v) is 6.29. The fourth-order valence-corrected chi connectivity index (χ4v) is 2.68. The molecule has 2 atom stereocenters. The van der Waals surface area contributed by atoms with E-state index in [4.69, 9.17) is 5.73 Å². The normalized spacial score (nSPS) is 24.0. The molecular formula is C13H19N3O2. The highest BCUT2D eigenvalue weighted by molar-refractivity contribution is 5.67. The van der Waals surface area contributed by atoms with Crippen LogP contribution in [0.2, 0.25) is 0 Å². The number of nitro benzene ring substituents is 1. The summed E-state index contributed by atoms with van der Waals surface area (Å²) in [5.74, 6) is 0.742. The molecule has 2 rings (SSSR count). The lowest BCUT2D eigenvalue weighted by Crippen LogP contribution is -2.40. The molecule has 1 heterocycles. The maximum Gasteiger partial charge on any atom is 0.292 e. The molecule has 1 saturated heterocycles. The standard InChI is InChI=1S/C13H19N3O2/c1-9-5-6-15(10(2)7-9)11-3-4-13(16(17)18)12(14)8-11/h3-4,8-10H,5-7,14H2,1-2H3. The van der Waals surface area contributed by atoms with Gasteiger partial charge in [0.25, 0.3) is 5.69 Å². The molecule has 1 fully saturated rings. The highest BCUT2D eigenvalue weighted by atomic mass is 16.6. The quantitative estimate of drug-likeness (QED) is 0.497. The van der Waals surface area contributed by atoms with Crippen LogP contribution < -0.4 is 10.6 Å². The van der Waals surface area contributed by atoms with Crippen LogP contribution >= 0.6 is 0 Å². The summed E-state index contributed by atoms with van der Waals surface area (Å²) in [6.45, 7) is 5.44. The summed E-state index contributed by atoms with van der Waals surface area (Å²) in [4.78, 5) is 12.6. The van der Waals surface area contributed by atoms with Crippen LogP contribution in [0.25, 0.3) is 0 Å². The highest BCUT2D eigenvalue weighted by Gasteiger charge is 2.24. The number of hydrogen-bond acceptors (Lipinski definition) is 4. The zero-order valence-corrected chi connectivity index (χ0v) is 10.8. The molecule has 2 unspecified atom stereocenters. The van der Waals surface area contributed by atoms with Gasteiger partial charge in [0, 0.05) is 24.3 Å². The summed E-state index contributed by atoms with van der Waals surface area (Å²) in [6.07, 6.45) is 2.30. The van der Waals surface area contributed by atoms with Crippen LogP contribution in [0.1, 0.15) is 26.7 Å². The molecule has 18 heavy (non-hydrogen) atoms. The predicted octanol–water partition coefficient (Wildman–Crippen LogP) is 2.80. The molecule has 1 aliphatic rings. The summed E-state index contributed by atoms with van der Waals surface area (Å²) >= 11 is 0. The second-order valence-electron chi connectivity index (χ2n) is 5.17. The van der Waals surface area contributed by atoms with Gasteiger partial charge < -0.3 is 10.6 Å². The van der Waals surface area contributed by atoms with Gasteiger partial charge in [-0.3, -0.25) is 10.1 Å². The predicted molar refractivity (Wildman–Crippen MR) is 72.7 cm³/mol. The van der Waals surface area contributed by atoms with Crippen molar-refractivity contribution >= 4 is 17.1 Å². The van der Waals surface area contributed by atoms with E-state index in [1.54, 1.807) is 12.1 Å². The second kappa shape index (κ2) is 4.84. The number of benzene rings is 1. The molecule has 0 amide bonds. The zero-order chi connectivity index (χ0) is 13.3. The second-order valence-corrected chi connectivity index (χ2v) is 5.17. The van der Waals surface area contributed by atoms with Crippen LogP contribution in [-0.4, -0.2) is 17.5 Å². The number of piperidine rings is 1. The molecule has 0 radical (unpaired) electrons. The number of nitrogen functional groups attached to an aromatic ring is 1. The minimum absolute atomic E-state index is 0.0169. The number of anilines is 2. The van der Waals surface area contributed by atoms with Gasteiger partial charge in [0.15, 0.2) is 0 Å². The number of rotatable bonds is 2. The molecule has 5 heteroatoms. The largest absolute Gasteiger partial charge is 0.393 e. The summed E-state index contributed by atoms with van der Waals surface area (Å²) in [6, 6.07) is 5.45. The fraction of sp³-hybridized carbons (Fsp3) is 0.538. The van der Waals surface area contributed by atoms with Crippen molar-refractivity contribution in [1.29, 1.82) is 0 Å². The average Bonchev–Trinajstić information content (AvgIpc) is 2.28. The molecule has 0 spiro atoms. The Bertz CT molecular complexity index is 462. The molecule has 1 aliphatic heterocycles. The van der Waals surface area contributed by atoms with Gasteiger partial charge in [-0.25, -0.2) is 0 Å². The van der Waals surface area contributed by atoms with E-state index in [1.807, 2.05) is 0 Å². The monoisotopic (exact) mass is 249 g/mol. The van der Waals surface area contributed by atoms with Crippen molar-refractivity contribution in [1.82, 2.24) is 0 Å². The van der Waals surface area contributed by atoms with Gasteiger partial charge in [-0.05, 0) is 37.8 Å². The van der Waals surface area contributed by atoms with Crippen LogP contribution in [-0.2, 0) is 0 Å². The summed E-state index contributed by atoms with van der Waals surface area (Å²) in [5, 5.41) is 10.7. The Morgan fingerprint density at radius 3 is 2.72 bits per heavy atom. The van der Waals surface area contributed by atoms with Crippen LogP contribution in [0.3, 0.4) is 0 Å². The Labute approximate surface area is 107 Å². The van der Waals surface area contributed by atoms with E-state index in [-0.39, 0.29) is 11.4 Å². The third-order valence-corrected chi connectivity index (χ3v) is 3.68. The molecule has 1 aromatic rings. The molecule has 2 N–H and O–H groups in total. The van der Waals surface area contributed by atoms with Crippen molar-refractivity contribution in [3.8, 4) is 0 Å². The summed E-state index contributed by atoms with van der Waals surface area (Å²) in [7, 11) is 0. The van der Waals surface area contributed by atoms with Crippen LogP contribution in [0.15, 0.2) is 18.2 Å². The maximum absolute atomic E-state index is 10.7. The first kappa shape index (κ1) is 12.7. The average molecular weight is 249 g/mol. The van der Waals surface area contributed by atoms with Crippen molar-refractivity contribution in [2.75, 3.05) is 17.2 Å². The van der Waals surface area contributed by atoms with Gasteiger partial charge >= 0.3 is 0 Å². The van der Waals surface area contributed by atoms with E-state index in [0.29, 0.717) is 6.04 Å². The van der Waals surface area contributed by atoms with Gasteiger partial charge in [-0.1, -0.05) is 6.92 Å². The number of nitro groups is 1. The topological polar surface area (TPSA) is 72.4 Å². The third-order valence-electron chi connectivity index (χ3n) is 3.68. The third kappa shape index (κ3) is 2.39.